The van der Waals surface area contributed by atoms with E-state index < -0.39 is 5.91 Å². The van der Waals surface area contributed by atoms with Gasteiger partial charge >= 0.3 is 74.8 Å². The molecule has 0 bridgehead atoms. The zero-order valence-corrected chi connectivity index (χ0v) is 47.2. The standard InChI is InChI=1S/C61H40N8O4.Cs.H/c1-33-9-5-13-37(25-33)70-41-17-21-45-49(29-41)57-63-55-47-23-19-42(71-38-14-6-10-34(2)26-38)30-50(47)58-64-56-48-24-20-44(73-40-16-8-12-36(4)28-40)32-52(48)60-65-59-51-31-43(72-39-15-7-11-35(3)27-39)18-22-46(51)54-62-53(45)66(57)61(67(54)59,68(55)58)69(56)60;;/h5-32H,1-4H3;;/q+4;+1;-1/t61-;;/m1../s1. The molecule has 0 unspecified atom stereocenters. The molecule has 0 aliphatic carbocycles. The van der Waals surface area contributed by atoms with Crippen molar-refractivity contribution in [1.82, 2.24) is 0 Å². The van der Waals surface area contributed by atoms with Crippen LogP contribution in [0.15, 0.2) is 190 Å². The van der Waals surface area contributed by atoms with Crippen LogP contribution in [-0.4, -0.2) is 70.9 Å². The van der Waals surface area contributed by atoms with Crippen molar-refractivity contribution in [1.29, 1.82) is 0 Å². The molecule has 0 aromatic heterocycles. The normalized spacial score (nSPS) is 17.8. The van der Waals surface area contributed by atoms with Gasteiger partial charge in [0.1, 0.15) is 46.0 Å². The number of aliphatic imine (C=N–C) groups is 4. The summed E-state index contributed by atoms with van der Waals surface area (Å²) in [7, 11) is 0. The number of hydrogen-bond acceptors (Lipinski definition) is 8. The molecule has 1 spiro atoms. The predicted octanol–water partition coefficient (Wildman–Crippen LogP) is 8.05. The second kappa shape index (κ2) is 15.9. The Bertz CT molecular complexity index is 4270. The van der Waals surface area contributed by atoms with Gasteiger partial charge in [-0.2, -0.15) is 0 Å². The third-order valence-corrected chi connectivity index (χ3v) is 14.5. The van der Waals surface area contributed by atoms with Crippen molar-refractivity contribution in [3.63, 3.8) is 0 Å². The van der Waals surface area contributed by atoms with Crippen LogP contribution in [-0.2, 0) is 0 Å². The first kappa shape index (κ1) is 43.9. The number of fused-ring (bicyclic) bond motifs is 12. The first-order valence-corrected chi connectivity index (χ1v) is 24.3. The second-order valence-corrected chi connectivity index (χ2v) is 19.5. The van der Waals surface area contributed by atoms with Gasteiger partial charge in [0.2, 0.25) is 0 Å². The van der Waals surface area contributed by atoms with Gasteiger partial charge in [-0.1, -0.05) is 68.5 Å². The van der Waals surface area contributed by atoms with E-state index in [0.717, 1.165) is 125 Å². The number of nitrogens with zero attached hydrogens (tertiary/aromatic N) is 8. The van der Waals surface area contributed by atoms with Crippen molar-refractivity contribution < 1.29 is 108 Å². The minimum absolute atomic E-state index is 0. The molecule has 8 aromatic carbocycles. The number of ether oxygens (including phenoxy) is 4. The first-order chi connectivity index (χ1) is 35.7. The molecule has 0 saturated carbocycles. The molecular formula is C61H41CsN8O4+4. The Morgan fingerprint density at radius 2 is 0.554 bits per heavy atom. The minimum Gasteiger partial charge on any atom is -1.00 e. The molecule has 0 saturated heterocycles. The van der Waals surface area contributed by atoms with E-state index in [0.29, 0.717) is 34.7 Å². The molecule has 0 radical (unpaired) electrons. The summed E-state index contributed by atoms with van der Waals surface area (Å²) >= 11 is 0. The van der Waals surface area contributed by atoms with Crippen molar-refractivity contribution in [2.45, 2.75) is 33.6 Å². The van der Waals surface area contributed by atoms with Crippen LogP contribution in [0.5, 0.6) is 46.0 Å². The third-order valence-electron chi connectivity index (χ3n) is 14.5. The predicted molar refractivity (Wildman–Crippen MR) is 278 cm³/mol. The van der Waals surface area contributed by atoms with Gasteiger partial charge in [-0.25, -0.2) is 0 Å². The Morgan fingerprint density at radius 1 is 0.297 bits per heavy atom. The molecule has 0 fully saturated rings. The maximum atomic E-state index is 6.62. The first-order valence-electron chi connectivity index (χ1n) is 24.3. The Balaban J connectivity index is 0.00000258. The van der Waals surface area contributed by atoms with Gasteiger partial charge in [-0.05, 0) is 171 Å². The smallest absolute Gasteiger partial charge is 1.00 e. The molecule has 346 valence electrons. The molecule has 0 N–H and O–H groups in total. The van der Waals surface area contributed by atoms with Gasteiger partial charge in [0.05, 0.1) is 44.5 Å². The molecule has 8 aliphatic heterocycles. The van der Waals surface area contributed by atoms with E-state index in [1.165, 1.54) is 0 Å². The summed E-state index contributed by atoms with van der Waals surface area (Å²) in [4.78, 5) is 22.8. The summed E-state index contributed by atoms with van der Waals surface area (Å²) < 4.78 is 35.6. The Labute approximate surface area is 485 Å². The summed E-state index contributed by atoms with van der Waals surface area (Å²) in [5, 5.41) is 0. The van der Waals surface area contributed by atoms with E-state index in [1.807, 2.05) is 97.1 Å². The van der Waals surface area contributed by atoms with Crippen LogP contribution in [0, 0.1) is 27.7 Å². The fourth-order valence-corrected chi connectivity index (χ4v) is 11.5. The summed E-state index contributed by atoms with van der Waals surface area (Å²) in [6.07, 6.45) is 0. The van der Waals surface area contributed by atoms with Gasteiger partial charge < -0.3 is 20.4 Å². The molecule has 13 heteroatoms. The van der Waals surface area contributed by atoms with Gasteiger partial charge in [0.15, 0.2) is 0 Å². The van der Waals surface area contributed by atoms with Gasteiger partial charge in [-0.3, -0.25) is 0 Å². The van der Waals surface area contributed by atoms with Crippen molar-refractivity contribution in [3.05, 3.63) is 237 Å². The van der Waals surface area contributed by atoms with Crippen LogP contribution >= 0.6 is 0 Å². The van der Waals surface area contributed by atoms with Crippen LogP contribution in [0.2, 0.25) is 0 Å². The zero-order valence-electron chi connectivity index (χ0n) is 41.9. The van der Waals surface area contributed by atoms with E-state index in [2.05, 4.69) is 119 Å². The Morgan fingerprint density at radius 3 is 0.865 bits per heavy atom. The summed E-state index contributed by atoms with van der Waals surface area (Å²) in [6.45, 7) is 8.26. The molecular weight excluding hydrogens is 1040 g/mol. The fraction of sp³-hybridized carbons (Fsp3) is 0.0820. The van der Waals surface area contributed by atoms with Gasteiger partial charge in [-0.15, -0.1) is 18.3 Å². The van der Waals surface area contributed by atoms with Crippen LogP contribution in [0.25, 0.3) is 0 Å². The fourth-order valence-electron chi connectivity index (χ4n) is 11.5. The maximum absolute atomic E-state index is 6.62. The number of amidine groups is 8. The van der Waals surface area contributed by atoms with Crippen LogP contribution < -0.4 is 87.8 Å². The van der Waals surface area contributed by atoms with E-state index in [9.17, 15) is 0 Å². The van der Waals surface area contributed by atoms with Crippen LogP contribution in [0.3, 0.4) is 0 Å². The summed E-state index contributed by atoms with van der Waals surface area (Å²) in [6, 6.07) is 57.3. The van der Waals surface area contributed by atoms with Crippen LogP contribution in [0.1, 0.15) is 68.2 Å². The van der Waals surface area contributed by atoms with Crippen molar-refractivity contribution in [3.8, 4) is 46.0 Å². The Hall–Kier alpha value is -7.63. The van der Waals surface area contributed by atoms with Crippen LogP contribution in [0.4, 0.5) is 0 Å². The quantitative estimate of drug-likeness (QED) is 0.144. The number of benzene rings is 8. The molecule has 0 amide bonds. The number of aryl methyl sites for hydroxylation is 4. The second-order valence-electron chi connectivity index (χ2n) is 19.5. The van der Waals surface area contributed by atoms with Gasteiger partial charge in [0.25, 0.3) is 46.7 Å². The summed E-state index contributed by atoms with van der Waals surface area (Å²) in [5.41, 5.74) is 11.7. The summed E-state index contributed by atoms with van der Waals surface area (Å²) in [5.74, 6) is 10.3. The van der Waals surface area contributed by atoms with Gasteiger partial charge in [0, 0.05) is 0 Å². The largest absolute Gasteiger partial charge is 1.00 e. The maximum Gasteiger partial charge on any atom is 1.00 e. The molecule has 8 aliphatic rings. The van der Waals surface area contributed by atoms with E-state index in [1.54, 1.807) is 0 Å². The van der Waals surface area contributed by atoms with Crippen molar-refractivity contribution in [2.24, 2.45) is 20.0 Å². The molecule has 8 heterocycles. The molecule has 8 aromatic rings. The zero-order chi connectivity index (χ0) is 48.4. The SMILES string of the molecule is Cc1cccc(Oc2ccc3c(c2)C2=NC4=[N+]5C(=NC6=[N+]7C(=NC8=[N+]9C(=NC3=[N+]2[C@]597)c2ccc(Oc3cccc(C)c3)cc28)c2ccc(Oc3cccc(C)c3)cc26)c2ccc(Oc3cccc(C)c3)cc24)c1.[Cs+].[H-]. The van der Waals surface area contributed by atoms with Crippen molar-refractivity contribution in [2.75, 3.05) is 0 Å². The van der Waals surface area contributed by atoms with E-state index >= 15 is 0 Å². The average molecular weight is 1080 g/mol. The Kier molecular flexibility index (Phi) is 9.46. The average Bonchev–Trinajstić information content (AvgIpc) is 3.58. The molecule has 12 nitrogen and oxygen atoms in total. The minimum atomic E-state index is -1.27. The molecule has 74 heavy (non-hydrogen) atoms. The monoisotopic (exact) mass is 1080 g/mol. The molecule has 1 atom stereocenters. The molecule has 16 rings (SSSR count). The number of hydrogen-bond donors (Lipinski definition) is 0. The van der Waals surface area contributed by atoms with E-state index in [-0.39, 0.29) is 70.3 Å². The van der Waals surface area contributed by atoms with Crippen molar-refractivity contribution >= 4 is 46.7 Å². The third kappa shape index (κ3) is 6.19. The van der Waals surface area contributed by atoms with E-state index in [4.69, 9.17) is 38.9 Å². The number of rotatable bonds is 8. The topological polar surface area (TPSA) is 98.4 Å².